The second kappa shape index (κ2) is 2.74. The molecule has 1 unspecified atom stereocenters. The van der Waals surface area contributed by atoms with Gasteiger partial charge in [0.15, 0.2) is 0 Å². The Kier molecular flexibility index (Phi) is 1.96. The first-order valence-electron chi connectivity index (χ1n) is 4.67. The summed E-state index contributed by atoms with van der Waals surface area (Å²) in [6.07, 6.45) is 3.80. The molecule has 1 saturated heterocycles. The summed E-state index contributed by atoms with van der Waals surface area (Å²) in [5.41, 5.74) is 6.45. The van der Waals surface area contributed by atoms with Gasteiger partial charge in [0.1, 0.15) is 13.1 Å². The molecular weight excluding hydrogens is 168 g/mol. The van der Waals surface area contributed by atoms with Gasteiger partial charge in [-0.3, -0.25) is 0 Å². The zero-order valence-electron chi connectivity index (χ0n) is 7.58. The average Bonchev–Trinajstić information content (AvgIpc) is 2.62. The maximum atomic E-state index is 5.91. The molecule has 2 rings (SSSR count). The first kappa shape index (κ1) is 8.57. The van der Waals surface area contributed by atoms with Crippen molar-refractivity contribution in [3.8, 4) is 0 Å². The third-order valence-corrected chi connectivity index (χ3v) is 3.75. The molecule has 12 heavy (non-hydrogen) atoms. The van der Waals surface area contributed by atoms with Crippen LogP contribution in [0.4, 0.5) is 0 Å². The van der Waals surface area contributed by atoms with Crippen molar-refractivity contribution < 1.29 is 4.58 Å². The minimum atomic E-state index is 0.500. The third-order valence-electron chi connectivity index (χ3n) is 3.47. The van der Waals surface area contributed by atoms with E-state index in [0.717, 1.165) is 18.1 Å². The van der Waals surface area contributed by atoms with Crippen molar-refractivity contribution in [2.24, 2.45) is 11.1 Å². The smallest absolute Gasteiger partial charge is 0.204 e. The van der Waals surface area contributed by atoms with Crippen molar-refractivity contribution in [1.29, 1.82) is 0 Å². The molecule has 0 aromatic carbocycles. The highest BCUT2D eigenvalue weighted by atomic mass is 32.1. The molecule has 3 heteroatoms. The standard InChI is InChI=1S/C9H16N2S/c1-7(12)11-4-2-9(3-5-11)6-8(9)10/h8H,2-6,10H2,1H3/p+1. The molecule has 1 saturated carbocycles. The van der Waals surface area contributed by atoms with E-state index in [1.807, 2.05) is 0 Å². The van der Waals surface area contributed by atoms with E-state index >= 15 is 0 Å². The average molecular weight is 185 g/mol. The molecule has 0 bridgehead atoms. The Morgan fingerprint density at radius 1 is 1.50 bits per heavy atom. The van der Waals surface area contributed by atoms with Crippen molar-refractivity contribution in [1.82, 2.24) is 0 Å². The Labute approximate surface area is 79.2 Å². The highest BCUT2D eigenvalue weighted by Crippen LogP contribution is 2.51. The fourth-order valence-electron chi connectivity index (χ4n) is 2.23. The highest BCUT2D eigenvalue weighted by molar-refractivity contribution is 7.96. The molecule has 1 aliphatic heterocycles. The van der Waals surface area contributed by atoms with E-state index < -0.39 is 0 Å². The van der Waals surface area contributed by atoms with Crippen LogP contribution < -0.4 is 5.73 Å². The Hall–Kier alpha value is -0.0200. The molecular formula is C9H17N2S+. The van der Waals surface area contributed by atoms with Crippen LogP contribution in [-0.4, -0.2) is 28.8 Å². The fraction of sp³-hybridized carbons (Fsp3) is 0.889. The predicted octanol–water partition coefficient (Wildman–Crippen LogP) is 0.858. The molecule has 1 atom stereocenters. The van der Waals surface area contributed by atoms with Gasteiger partial charge < -0.3 is 5.73 Å². The summed E-state index contributed by atoms with van der Waals surface area (Å²) in [5, 5.41) is 1.15. The largest absolute Gasteiger partial charge is 0.327 e. The maximum Gasteiger partial charge on any atom is 0.204 e. The quantitative estimate of drug-likeness (QED) is 0.327. The molecule has 0 amide bonds. The minimum Gasteiger partial charge on any atom is -0.327 e. The summed E-state index contributed by atoms with van der Waals surface area (Å²) >= 11 is 4.35. The van der Waals surface area contributed by atoms with Crippen molar-refractivity contribution in [2.75, 3.05) is 13.1 Å². The van der Waals surface area contributed by atoms with E-state index in [1.165, 1.54) is 19.3 Å². The summed E-state index contributed by atoms with van der Waals surface area (Å²) in [5.74, 6) is 0. The van der Waals surface area contributed by atoms with Crippen LogP contribution in [-0.2, 0) is 0 Å². The number of hydrogen-bond acceptors (Lipinski definition) is 1. The number of thiol groups is 1. The number of rotatable bonds is 0. The van der Waals surface area contributed by atoms with Gasteiger partial charge in [-0.15, -0.1) is 0 Å². The fourth-order valence-corrected chi connectivity index (χ4v) is 2.43. The molecule has 1 heterocycles. The molecule has 0 aromatic heterocycles. The predicted molar refractivity (Wildman–Crippen MR) is 53.9 cm³/mol. The lowest BCUT2D eigenvalue weighted by Gasteiger charge is -2.20. The Balaban J connectivity index is 1.99. The van der Waals surface area contributed by atoms with Gasteiger partial charge in [-0.05, 0) is 11.8 Å². The number of nitrogens with zero attached hydrogens (tertiary/aromatic N) is 1. The van der Waals surface area contributed by atoms with Crippen LogP contribution in [0.3, 0.4) is 0 Å². The lowest BCUT2D eigenvalue weighted by molar-refractivity contribution is -0.540. The van der Waals surface area contributed by atoms with Gasteiger partial charge in [-0.2, -0.15) is 0 Å². The lowest BCUT2D eigenvalue weighted by atomic mass is 9.93. The Morgan fingerprint density at radius 2 is 2.00 bits per heavy atom. The van der Waals surface area contributed by atoms with Gasteiger partial charge in [0.05, 0.1) is 0 Å². The molecule has 0 aromatic rings. The normalized spacial score (nSPS) is 40.2. The van der Waals surface area contributed by atoms with E-state index in [2.05, 4.69) is 24.1 Å². The molecule has 2 nitrogen and oxygen atoms in total. The van der Waals surface area contributed by atoms with Gasteiger partial charge >= 0.3 is 0 Å². The van der Waals surface area contributed by atoms with Crippen molar-refractivity contribution in [3.63, 3.8) is 0 Å². The highest BCUT2D eigenvalue weighted by Gasteiger charge is 2.54. The van der Waals surface area contributed by atoms with Gasteiger partial charge in [0, 0.05) is 25.8 Å². The van der Waals surface area contributed by atoms with Crippen LogP contribution >= 0.6 is 12.6 Å². The topological polar surface area (TPSA) is 29.0 Å². The summed E-state index contributed by atoms with van der Waals surface area (Å²) in [6, 6.07) is 0.500. The van der Waals surface area contributed by atoms with Crippen LogP contribution in [0.5, 0.6) is 0 Å². The van der Waals surface area contributed by atoms with Crippen LogP contribution in [0.25, 0.3) is 0 Å². The first-order chi connectivity index (χ1) is 5.64. The lowest BCUT2D eigenvalue weighted by Crippen LogP contribution is -2.32. The number of piperidine rings is 1. The Bertz CT molecular complexity index is 221. The van der Waals surface area contributed by atoms with E-state index in [-0.39, 0.29) is 0 Å². The summed E-state index contributed by atoms with van der Waals surface area (Å²) in [7, 11) is 0. The molecule has 2 aliphatic rings. The third kappa shape index (κ3) is 1.29. The Morgan fingerprint density at radius 3 is 2.33 bits per heavy atom. The van der Waals surface area contributed by atoms with E-state index in [9.17, 15) is 0 Å². The minimum absolute atomic E-state index is 0.500. The molecule has 2 N–H and O–H groups in total. The van der Waals surface area contributed by atoms with Crippen LogP contribution in [0.15, 0.2) is 0 Å². The van der Waals surface area contributed by atoms with Crippen LogP contribution in [0.2, 0.25) is 0 Å². The molecule has 2 fully saturated rings. The summed E-state index contributed by atoms with van der Waals surface area (Å²) in [4.78, 5) is 0. The molecule has 68 valence electrons. The van der Waals surface area contributed by atoms with E-state index in [1.54, 1.807) is 0 Å². The van der Waals surface area contributed by atoms with Gasteiger partial charge in [-0.25, -0.2) is 4.58 Å². The molecule has 1 aliphatic carbocycles. The van der Waals surface area contributed by atoms with Crippen LogP contribution in [0.1, 0.15) is 26.2 Å². The second-order valence-corrected chi connectivity index (χ2v) is 4.85. The van der Waals surface area contributed by atoms with Gasteiger partial charge in [-0.1, -0.05) is 12.6 Å². The monoisotopic (exact) mass is 185 g/mol. The van der Waals surface area contributed by atoms with E-state index in [0.29, 0.717) is 11.5 Å². The maximum absolute atomic E-state index is 5.91. The van der Waals surface area contributed by atoms with Gasteiger partial charge in [0.25, 0.3) is 0 Å². The summed E-state index contributed by atoms with van der Waals surface area (Å²) < 4.78 is 2.35. The van der Waals surface area contributed by atoms with Crippen molar-refractivity contribution in [3.05, 3.63) is 0 Å². The molecule has 0 radical (unpaired) electrons. The van der Waals surface area contributed by atoms with Gasteiger partial charge in [0.2, 0.25) is 5.04 Å². The zero-order chi connectivity index (χ0) is 8.77. The van der Waals surface area contributed by atoms with Crippen LogP contribution in [0, 0.1) is 5.41 Å². The number of nitrogens with two attached hydrogens (primary N) is 1. The molecule has 1 spiro atoms. The second-order valence-electron chi connectivity index (χ2n) is 4.21. The summed E-state index contributed by atoms with van der Waals surface area (Å²) in [6.45, 7) is 4.37. The van der Waals surface area contributed by atoms with E-state index in [4.69, 9.17) is 5.73 Å². The zero-order valence-corrected chi connectivity index (χ0v) is 8.48. The number of hydrogen-bond donors (Lipinski definition) is 2. The SMILES string of the molecule is CC(S)=[N+]1CCC2(CC1)CC2N. The first-order valence-corrected chi connectivity index (χ1v) is 5.12. The van der Waals surface area contributed by atoms with Crippen molar-refractivity contribution in [2.45, 2.75) is 32.2 Å². The van der Waals surface area contributed by atoms with Crippen molar-refractivity contribution >= 4 is 17.7 Å².